The van der Waals surface area contributed by atoms with Crippen molar-refractivity contribution in [3.8, 4) is 0 Å². The molecule has 0 unspecified atom stereocenters. The first kappa shape index (κ1) is 19.0. The van der Waals surface area contributed by atoms with Gasteiger partial charge in [-0.2, -0.15) is 0 Å². The molecule has 0 saturated carbocycles. The van der Waals surface area contributed by atoms with E-state index in [2.05, 4.69) is 56.6 Å². The van der Waals surface area contributed by atoms with Gasteiger partial charge in [-0.15, -0.1) is 5.10 Å². The third-order valence-corrected chi connectivity index (χ3v) is 5.61. The SMILES string of the molecule is CCn1c2ccccc2c2cc(NC(=O)[C@H](Cc3ccccc3)n3cnnn3)ccc21. The maximum Gasteiger partial charge on any atom is 0.249 e. The summed E-state index contributed by atoms with van der Waals surface area (Å²) in [4.78, 5) is 13.2. The highest BCUT2D eigenvalue weighted by molar-refractivity contribution is 6.10. The quantitative estimate of drug-likeness (QED) is 0.455. The molecule has 2 heterocycles. The number of rotatable bonds is 6. The molecule has 0 aliphatic rings. The first-order valence-electron chi connectivity index (χ1n) is 10.3. The number of amides is 1. The summed E-state index contributed by atoms with van der Waals surface area (Å²) >= 11 is 0. The van der Waals surface area contributed by atoms with Gasteiger partial charge in [-0.25, -0.2) is 4.68 Å². The third kappa shape index (κ3) is 3.54. The van der Waals surface area contributed by atoms with Crippen LogP contribution in [0.3, 0.4) is 0 Å². The van der Waals surface area contributed by atoms with Gasteiger partial charge in [0.25, 0.3) is 0 Å². The number of aromatic nitrogens is 5. The number of hydrogen-bond donors (Lipinski definition) is 1. The number of tetrazole rings is 1. The summed E-state index contributed by atoms with van der Waals surface area (Å²) in [5, 5.41) is 16.8. The van der Waals surface area contributed by atoms with Crippen LogP contribution in [0.25, 0.3) is 21.8 Å². The summed E-state index contributed by atoms with van der Waals surface area (Å²) in [5.74, 6) is -0.158. The molecule has 0 aliphatic carbocycles. The molecular weight excluding hydrogens is 388 g/mol. The van der Waals surface area contributed by atoms with Gasteiger partial charge in [0.15, 0.2) is 0 Å². The molecule has 154 valence electrons. The van der Waals surface area contributed by atoms with Gasteiger partial charge in [0.2, 0.25) is 5.91 Å². The van der Waals surface area contributed by atoms with E-state index in [0.29, 0.717) is 6.42 Å². The zero-order valence-corrected chi connectivity index (χ0v) is 17.1. The Morgan fingerprint density at radius 3 is 2.52 bits per heavy atom. The number of fused-ring (bicyclic) bond motifs is 3. The van der Waals surface area contributed by atoms with E-state index in [9.17, 15) is 4.79 Å². The summed E-state index contributed by atoms with van der Waals surface area (Å²) in [5.41, 5.74) is 4.14. The molecule has 31 heavy (non-hydrogen) atoms. The van der Waals surface area contributed by atoms with Crippen LogP contribution >= 0.6 is 0 Å². The van der Waals surface area contributed by atoms with Crippen molar-refractivity contribution < 1.29 is 4.79 Å². The fourth-order valence-electron chi connectivity index (χ4n) is 4.15. The van der Waals surface area contributed by atoms with Crippen LogP contribution < -0.4 is 5.32 Å². The Morgan fingerprint density at radius 1 is 0.968 bits per heavy atom. The van der Waals surface area contributed by atoms with Crippen molar-refractivity contribution in [3.05, 3.63) is 84.7 Å². The van der Waals surface area contributed by atoms with E-state index in [-0.39, 0.29) is 5.91 Å². The zero-order chi connectivity index (χ0) is 21.2. The van der Waals surface area contributed by atoms with Crippen LogP contribution in [0.15, 0.2) is 79.1 Å². The first-order chi connectivity index (χ1) is 15.2. The lowest BCUT2D eigenvalue weighted by molar-refractivity contribution is -0.119. The molecule has 1 amide bonds. The predicted octanol–water partition coefficient (Wildman–Crippen LogP) is 4.22. The summed E-state index contributed by atoms with van der Waals surface area (Å²) in [7, 11) is 0. The fourth-order valence-corrected chi connectivity index (χ4v) is 4.15. The molecule has 7 nitrogen and oxygen atoms in total. The van der Waals surface area contributed by atoms with E-state index < -0.39 is 6.04 Å². The van der Waals surface area contributed by atoms with E-state index in [4.69, 9.17) is 0 Å². The van der Waals surface area contributed by atoms with Crippen molar-refractivity contribution in [1.29, 1.82) is 0 Å². The van der Waals surface area contributed by atoms with E-state index in [1.807, 2.05) is 48.5 Å². The molecule has 0 saturated heterocycles. The summed E-state index contributed by atoms with van der Waals surface area (Å²) in [6.07, 6.45) is 1.97. The summed E-state index contributed by atoms with van der Waals surface area (Å²) in [6.45, 7) is 3.02. The normalized spacial score (nSPS) is 12.3. The van der Waals surface area contributed by atoms with E-state index in [0.717, 1.165) is 28.7 Å². The summed E-state index contributed by atoms with van der Waals surface area (Å²) in [6, 6.07) is 23.7. The molecular formula is C24H22N6O. The van der Waals surface area contributed by atoms with Crippen LogP contribution in [0.5, 0.6) is 0 Å². The first-order valence-corrected chi connectivity index (χ1v) is 10.3. The molecule has 0 spiro atoms. The Morgan fingerprint density at radius 2 is 1.74 bits per heavy atom. The smallest absolute Gasteiger partial charge is 0.249 e. The second-order valence-corrected chi connectivity index (χ2v) is 7.48. The number of carbonyl (C=O) groups is 1. The zero-order valence-electron chi connectivity index (χ0n) is 17.1. The lowest BCUT2D eigenvalue weighted by Crippen LogP contribution is -2.28. The largest absolute Gasteiger partial charge is 0.341 e. The Balaban J connectivity index is 1.48. The lowest BCUT2D eigenvalue weighted by atomic mass is 10.1. The Labute approximate surface area is 179 Å². The third-order valence-electron chi connectivity index (χ3n) is 5.61. The average Bonchev–Trinajstić information content (AvgIpc) is 3.44. The van der Waals surface area contributed by atoms with Gasteiger partial charge >= 0.3 is 0 Å². The molecule has 0 bridgehead atoms. The van der Waals surface area contributed by atoms with Crippen molar-refractivity contribution in [3.63, 3.8) is 0 Å². The Bertz CT molecular complexity index is 1340. The van der Waals surface area contributed by atoms with Crippen LogP contribution in [0.4, 0.5) is 5.69 Å². The summed E-state index contributed by atoms with van der Waals surface area (Å²) < 4.78 is 3.79. The van der Waals surface area contributed by atoms with Gasteiger partial charge < -0.3 is 9.88 Å². The molecule has 0 fully saturated rings. The standard InChI is InChI=1S/C24H22N6O/c1-2-29-21-11-7-6-10-19(21)20-15-18(12-13-22(20)29)26-24(31)23(30-16-25-27-28-30)14-17-8-4-3-5-9-17/h3-13,15-16,23H,2,14H2,1H3,(H,26,31)/t23-/m0/s1. The monoisotopic (exact) mass is 410 g/mol. The Hall–Kier alpha value is -4.00. The predicted molar refractivity (Wildman–Crippen MR) is 121 cm³/mol. The van der Waals surface area contributed by atoms with Gasteiger partial charge in [0.1, 0.15) is 12.4 Å². The second-order valence-electron chi connectivity index (χ2n) is 7.48. The highest BCUT2D eigenvalue weighted by atomic mass is 16.2. The van der Waals surface area contributed by atoms with E-state index in [1.165, 1.54) is 21.9 Å². The molecule has 5 aromatic rings. The van der Waals surface area contributed by atoms with Crippen molar-refractivity contribution in [2.45, 2.75) is 25.9 Å². The molecule has 3 aromatic carbocycles. The average molecular weight is 410 g/mol. The van der Waals surface area contributed by atoms with Gasteiger partial charge in [0.05, 0.1) is 0 Å². The fraction of sp³-hybridized carbons (Fsp3) is 0.167. The van der Waals surface area contributed by atoms with Gasteiger partial charge in [-0.3, -0.25) is 4.79 Å². The maximum atomic E-state index is 13.2. The minimum absolute atomic E-state index is 0.158. The topological polar surface area (TPSA) is 77.6 Å². The van der Waals surface area contributed by atoms with Crippen LogP contribution in [-0.4, -0.2) is 30.7 Å². The van der Waals surface area contributed by atoms with Gasteiger partial charge in [0, 0.05) is 40.5 Å². The minimum Gasteiger partial charge on any atom is -0.341 e. The van der Waals surface area contributed by atoms with Crippen molar-refractivity contribution in [1.82, 2.24) is 24.8 Å². The molecule has 1 N–H and O–H groups in total. The number of benzene rings is 3. The molecule has 1 atom stereocenters. The minimum atomic E-state index is -0.551. The number of nitrogens with zero attached hydrogens (tertiary/aromatic N) is 5. The van der Waals surface area contributed by atoms with Crippen molar-refractivity contribution >= 4 is 33.4 Å². The molecule has 5 rings (SSSR count). The number of anilines is 1. The Kier molecular flexibility index (Phi) is 4.92. The van der Waals surface area contributed by atoms with Crippen LogP contribution in [-0.2, 0) is 17.8 Å². The highest BCUT2D eigenvalue weighted by Crippen LogP contribution is 2.31. The number of aryl methyl sites for hydroxylation is 1. The van der Waals surface area contributed by atoms with Crippen molar-refractivity contribution in [2.24, 2.45) is 0 Å². The van der Waals surface area contributed by atoms with Gasteiger partial charge in [-0.1, -0.05) is 48.5 Å². The molecule has 7 heteroatoms. The van der Waals surface area contributed by atoms with Crippen LogP contribution in [0.1, 0.15) is 18.5 Å². The van der Waals surface area contributed by atoms with Crippen LogP contribution in [0, 0.1) is 0 Å². The number of nitrogens with one attached hydrogen (secondary N) is 1. The molecule has 0 aliphatic heterocycles. The highest BCUT2D eigenvalue weighted by Gasteiger charge is 2.23. The number of carbonyl (C=O) groups excluding carboxylic acids is 1. The lowest BCUT2D eigenvalue weighted by Gasteiger charge is -2.16. The number of hydrogen-bond acceptors (Lipinski definition) is 4. The molecule has 2 aromatic heterocycles. The number of para-hydroxylation sites is 1. The van der Waals surface area contributed by atoms with Gasteiger partial charge in [-0.05, 0) is 47.2 Å². The van der Waals surface area contributed by atoms with Crippen molar-refractivity contribution in [2.75, 3.05) is 5.32 Å². The van der Waals surface area contributed by atoms with E-state index >= 15 is 0 Å². The van der Waals surface area contributed by atoms with Crippen LogP contribution in [0.2, 0.25) is 0 Å². The second kappa shape index (κ2) is 8.02. The molecule has 0 radical (unpaired) electrons. The maximum absolute atomic E-state index is 13.2. The van der Waals surface area contributed by atoms with E-state index in [1.54, 1.807) is 0 Å².